The third-order valence-corrected chi connectivity index (χ3v) is 5.36. The molecule has 0 aliphatic rings. The molecule has 2 rings (SSSR count). The van der Waals surface area contributed by atoms with Gasteiger partial charge in [0, 0.05) is 33.1 Å². The number of carbonyl (C=O) groups is 4. The summed E-state index contributed by atoms with van der Waals surface area (Å²) in [6.07, 6.45) is -0.100. The van der Waals surface area contributed by atoms with E-state index >= 15 is 0 Å². The molecule has 0 aliphatic heterocycles. The summed E-state index contributed by atoms with van der Waals surface area (Å²) in [5.41, 5.74) is 1.96. The van der Waals surface area contributed by atoms with E-state index in [1.54, 1.807) is 20.8 Å². The van der Waals surface area contributed by atoms with E-state index in [0.29, 0.717) is 17.0 Å². The molecule has 2 aromatic rings. The van der Waals surface area contributed by atoms with Gasteiger partial charge in [-0.25, -0.2) is 4.79 Å². The number of rotatable bonds is 9. The molecule has 0 spiro atoms. The fraction of sp³-hybridized carbons (Fsp3) is 0.429. The maximum absolute atomic E-state index is 12.5. The molecule has 2 aromatic heterocycles. The molecule has 0 radical (unpaired) electrons. The number of thiophene rings is 1. The minimum Gasteiger partial charge on any atom is -0.462 e. The number of esters is 2. The van der Waals surface area contributed by atoms with Gasteiger partial charge in [-0.2, -0.15) is 0 Å². The van der Waals surface area contributed by atoms with E-state index in [-0.39, 0.29) is 36.4 Å². The largest absolute Gasteiger partial charge is 0.462 e. The third kappa shape index (κ3) is 5.41. The standard InChI is InChI=1S/C21H25NO6S/c1-6-27-21(26)20-13(4)22-12(3)19(20)17(24)10-28-18(25)8-7-16(23)15-9-11(2)29-14(15)5/h9,22H,6-8,10H2,1-5H3. The predicted octanol–water partition coefficient (Wildman–Crippen LogP) is 3.88. The van der Waals surface area contributed by atoms with Gasteiger partial charge in [-0.15, -0.1) is 11.3 Å². The van der Waals surface area contributed by atoms with Crippen LogP contribution in [0, 0.1) is 27.7 Å². The zero-order valence-electron chi connectivity index (χ0n) is 17.3. The summed E-state index contributed by atoms with van der Waals surface area (Å²) in [5, 5.41) is 0. The van der Waals surface area contributed by atoms with Gasteiger partial charge in [-0.05, 0) is 40.7 Å². The molecule has 1 N–H and O–H groups in total. The summed E-state index contributed by atoms with van der Waals surface area (Å²) in [4.78, 5) is 53.8. The van der Waals surface area contributed by atoms with Crippen LogP contribution in [0.25, 0.3) is 0 Å². The molecule has 0 saturated carbocycles. The number of ether oxygens (including phenoxy) is 2. The van der Waals surface area contributed by atoms with E-state index in [0.717, 1.165) is 9.75 Å². The van der Waals surface area contributed by atoms with Crippen molar-refractivity contribution < 1.29 is 28.7 Å². The molecule has 0 fully saturated rings. The maximum atomic E-state index is 12.5. The molecule has 8 heteroatoms. The predicted molar refractivity (Wildman–Crippen MR) is 109 cm³/mol. The monoisotopic (exact) mass is 419 g/mol. The molecule has 7 nitrogen and oxygen atoms in total. The first-order valence-electron chi connectivity index (χ1n) is 9.31. The van der Waals surface area contributed by atoms with Crippen LogP contribution in [0.2, 0.25) is 0 Å². The van der Waals surface area contributed by atoms with Crippen molar-refractivity contribution in [2.45, 2.75) is 47.5 Å². The Labute approximate surface area is 173 Å². The average molecular weight is 419 g/mol. The minimum absolute atomic E-state index is 0.0143. The molecule has 0 saturated heterocycles. The molecule has 0 aromatic carbocycles. The van der Waals surface area contributed by atoms with Crippen LogP contribution in [0.3, 0.4) is 0 Å². The first kappa shape index (κ1) is 22.5. The van der Waals surface area contributed by atoms with Crippen LogP contribution in [-0.2, 0) is 14.3 Å². The molecule has 0 bridgehead atoms. The topological polar surface area (TPSA) is 103 Å². The van der Waals surface area contributed by atoms with E-state index in [1.807, 2.05) is 19.9 Å². The molecule has 0 amide bonds. The lowest BCUT2D eigenvalue weighted by Gasteiger charge is -2.07. The summed E-state index contributed by atoms with van der Waals surface area (Å²) in [6.45, 7) is 8.47. The van der Waals surface area contributed by atoms with E-state index in [9.17, 15) is 19.2 Å². The number of aryl methyl sites for hydroxylation is 4. The van der Waals surface area contributed by atoms with Gasteiger partial charge in [0.2, 0.25) is 5.78 Å². The van der Waals surface area contributed by atoms with Crippen molar-refractivity contribution in [1.29, 1.82) is 0 Å². The second kappa shape index (κ2) is 9.65. The van der Waals surface area contributed by atoms with Crippen molar-refractivity contribution in [3.8, 4) is 0 Å². The van der Waals surface area contributed by atoms with Gasteiger partial charge >= 0.3 is 11.9 Å². The van der Waals surface area contributed by atoms with E-state index < -0.39 is 24.3 Å². The third-order valence-electron chi connectivity index (χ3n) is 4.40. The number of carbonyl (C=O) groups excluding carboxylic acids is 4. The van der Waals surface area contributed by atoms with Gasteiger partial charge in [-0.1, -0.05) is 0 Å². The van der Waals surface area contributed by atoms with Crippen molar-refractivity contribution >= 4 is 34.8 Å². The number of hydrogen-bond donors (Lipinski definition) is 1. The van der Waals surface area contributed by atoms with Crippen LogP contribution in [0.15, 0.2) is 6.07 Å². The summed E-state index contributed by atoms with van der Waals surface area (Å²) >= 11 is 1.53. The molecular weight excluding hydrogens is 394 g/mol. The van der Waals surface area contributed by atoms with Gasteiger partial charge in [0.1, 0.15) is 0 Å². The first-order chi connectivity index (χ1) is 13.6. The molecule has 0 aliphatic carbocycles. The van der Waals surface area contributed by atoms with Gasteiger partial charge in [-0.3, -0.25) is 14.4 Å². The number of H-pyrrole nitrogens is 1. The lowest BCUT2D eigenvalue weighted by Crippen LogP contribution is -2.18. The number of aromatic amines is 1. The van der Waals surface area contributed by atoms with Crippen LogP contribution in [0.1, 0.15) is 72.0 Å². The Bertz CT molecular complexity index is 953. The van der Waals surface area contributed by atoms with Crippen LogP contribution in [0.4, 0.5) is 0 Å². The summed E-state index contributed by atoms with van der Waals surface area (Å²) < 4.78 is 10.0. The Kier molecular flexibility index (Phi) is 7.50. The SMILES string of the molecule is CCOC(=O)c1c(C)[nH]c(C)c1C(=O)COC(=O)CCC(=O)c1cc(C)sc1C. The van der Waals surface area contributed by atoms with Gasteiger partial charge < -0.3 is 14.5 Å². The number of ketones is 2. The first-order valence-corrected chi connectivity index (χ1v) is 10.1. The van der Waals surface area contributed by atoms with Crippen LogP contribution < -0.4 is 0 Å². The Balaban J connectivity index is 1.95. The number of hydrogen-bond acceptors (Lipinski definition) is 7. The highest BCUT2D eigenvalue weighted by Gasteiger charge is 2.26. The summed E-state index contributed by atoms with van der Waals surface area (Å²) in [5.74, 6) is -1.87. The highest BCUT2D eigenvalue weighted by atomic mass is 32.1. The van der Waals surface area contributed by atoms with Gasteiger partial charge in [0.05, 0.1) is 24.2 Å². The molecule has 156 valence electrons. The number of aromatic nitrogens is 1. The van der Waals surface area contributed by atoms with Crippen LogP contribution in [-0.4, -0.2) is 41.7 Å². The minimum atomic E-state index is -0.640. The summed E-state index contributed by atoms with van der Waals surface area (Å²) in [6, 6.07) is 1.81. The molecule has 0 atom stereocenters. The molecular formula is C21H25NO6S. The highest BCUT2D eigenvalue weighted by Crippen LogP contribution is 2.23. The average Bonchev–Trinajstić information content (AvgIpc) is 3.15. The molecule has 29 heavy (non-hydrogen) atoms. The highest BCUT2D eigenvalue weighted by molar-refractivity contribution is 7.12. The smallest absolute Gasteiger partial charge is 0.340 e. The Hall–Kier alpha value is -2.74. The Morgan fingerprint density at radius 1 is 0.931 bits per heavy atom. The van der Waals surface area contributed by atoms with Gasteiger partial charge in [0.25, 0.3) is 0 Å². The van der Waals surface area contributed by atoms with Crippen molar-refractivity contribution in [2.24, 2.45) is 0 Å². The van der Waals surface area contributed by atoms with Crippen molar-refractivity contribution in [3.05, 3.63) is 43.9 Å². The number of Topliss-reactive ketones (excluding diaryl/α,β-unsaturated/α-hetero) is 2. The fourth-order valence-electron chi connectivity index (χ4n) is 3.14. The second-order valence-electron chi connectivity index (χ2n) is 6.68. The fourth-order valence-corrected chi connectivity index (χ4v) is 4.08. The zero-order chi connectivity index (χ0) is 21.7. The summed E-state index contributed by atoms with van der Waals surface area (Å²) in [7, 11) is 0. The van der Waals surface area contributed by atoms with Crippen molar-refractivity contribution in [1.82, 2.24) is 4.98 Å². The van der Waals surface area contributed by atoms with Crippen LogP contribution >= 0.6 is 11.3 Å². The molecule has 2 heterocycles. The normalized spacial score (nSPS) is 10.7. The lowest BCUT2D eigenvalue weighted by atomic mass is 10.1. The van der Waals surface area contributed by atoms with E-state index in [1.165, 1.54) is 11.3 Å². The van der Waals surface area contributed by atoms with E-state index in [2.05, 4.69) is 4.98 Å². The lowest BCUT2D eigenvalue weighted by molar-refractivity contribution is -0.142. The quantitative estimate of drug-likeness (QED) is 0.489. The Morgan fingerprint density at radius 3 is 2.17 bits per heavy atom. The van der Waals surface area contributed by atoms with Crippen molar-refractivity contribution in [2.75, 3.05) is 13.2 Å². The second-order valence-corrected chi connectivity index (χ2v) is 8.14. The zero-order valence-corrected chi connectivity index (χ0v) is 18.1. The number of nitrogens with one attached hydrogen (secondary N) is 1. The van der Waals surface area contributed by atoms with Crippen molar-refractivity contribution in [3.63, 3.8) is 0 Å². The van der Waals surface area contributed by atoms with Gasteiger partial charge in [0.15, 0.2) is 12.4 Å². The molecule has 0 unspecified atom stereocenters. The maximum Gasteiger partial charge on any atom is 0.340 e. The van der Waals surface area contributed by atoms with E-state index in [4.69, 9.17) is 9.47 Å². The Morgan fingerprint density at radius 2 is 1.59 bits per heavy atom. The van der Waals surface area contributed by atoms with Crippen LogP contribution in [0.5, 0.6) is 0 Å².